The summed E-state index contributed by atoms with van der Waals surface area (Å²) in [5.41, 5.74) is 18.2. The molecule has 1 fully saturated rings. The van der Waals surface area contributed by atoms with Crippen LogP contribution >= 0.6 is 11.3 Å². The molecular formula is C70H80N18O7S. The van der Waals surface area contributed by atoms with Crippen molar-refractivity contribution in [2.75, 3.05) is 25.1 Å². The minimum Gasteiger partial charge on any atom is -0.349 e. The molecule has 5 aromatic heterocycles. The summed E-state index contributed by atoms with van der Waals surface area (Å²) in [5.74, 6) is 1.24. The molecule has 26 heteroatoms. The molecule has 4 amide bonds. The molecule has 96 heavy (non-hydrogen) atoms. The van der Waals surface area contributed by atoms with E-state index < -0.39 is 0 Å². The van der Waals surface area contributed by atoms with Crippen molar-refractivity contribution >= 4 is 82.2 Å². The van der Waals surface area contributed by atoms with E-state index >= 15 is 0 Å². The van der Waals surface area contributed by atoms with Gasteiger partial charge in [-0.2, -0.15) is 0 Å². The molecule has 5 heterocycles. The molecule has 5 N–H and O–H groups in total. The van der Waals surface area contributed by atoms with Crippen molar-refractivity contribution < 1.29 is 33.6 Å². The number of benzene rings is 4. The lowest BCUT2D eigenvalue weighted by Gasteiger charge is -2.04. The lowest BCUT2D eigenvalue weighted by molar-refractivity contribution is -0.126. The van der Waals surface area contributed by atoms with Crippen LogP contribution in [-0.4, -0.2) is 125 Å². The van der Waals surface area contributed by atoms with Gasteiger partial charge in [0.2, 0.25) is 22.9 Å². The van der Waals surface area contributed by atoms with Gasteiger partial charge in [-0.1, -0.05) is 89.5 Å². The number of hydrogen-bond acceptors (Lipinski definition) is 18. The Morgan fingerprint density at radius 2 is 0.823 bits per heavy atom. The Morgan fingerprint density at radius 3 is 1.15 bits per heavy atom. The van der Waals surface area contributed by atoms with Crippen molar-refractivity contribution in [3.8, 4) is 45.6 Å². The minimum absolute atomic E-state index is 0.00599. The topological polar surface area (TPSA) is 315 Å². The van der Waals surface area contributed by atoms with Crippen LogP contribution < -0.4 is 26.8 Å². The summed E-state index contributed by atoms with van der Waals surface area (Å²) in [6, 6.07) is 24.5. The molecule has 0 spiro atoms. The van der Waals surface area contributed by atoms with Gasteiger partial charge >= 0.3 is 0 Å². The quantitative estimate of drug-likeness (QED) is 0.0278. The second-order valence-electron chi connectivity index (χ2n) is 23.2. The Kier molecular flexibility index (Phi) is 26.8. The number of rotatable bonds is 24. The van der Waals surface area contributed by atoms with E-state index in [-0.39, 0.29) is 72.4 Å². The number of amides is 4. The van der Waals surface area contributed by atoms with Crippen molar-refractivity contribution in [1.29, 1.82) is 0 Å². The zero-order chi connectivity index (χ0) is 69.3. The molecule has 0 bridgehead atoms. The number of carbonyl (C=O) groups excluding carboxylic acids is 7. The van der Waals surface area contributed by atoms with Crippen LogP contribution in [0.15, 0.2) is 134 Å². The molecule has 10 rings (SSSR count). The molecular weight excluding hydrogens is 1240 g/mol. The number of aromatic nitrogens is 13. The molecule has 1 aliphatic carbocycles. The third-order valence-electron chi connectivity index (χ3n) is 13.6. The maximum absolute atomic E-state index is 11.8. The summed E-state index contributed by atoms with van der Waals surface area (Å²) in [4.78, 5) is 102. The SMILES string of the molecule is CCCC(=O)NCC(=O)/C=C\n1cnc(-c2cc(C)cc(C)c2)n1.Cc1cc(C)cc(-c2ncn(/C=C\C(=O)CNC(=O)C(C)C)n2)c1.Cc1cc(C)cc(-c2ncn(/C=C\C(=O)CNC(=O)C3CC3)n2)c1.Cc1cc(C)cc(-c2ncn(/C=C\C(=O)NNc3nccs3)n2)c1. The molecule has 0 unspecified atom stereocenters. The summed E-state index contributed by atoms with van der Waals surface area (Å²) in [6.07, 6.45) is 22.6. The number of nitrogens with one attached hydrogen (secondary N) is 5. The lowest BCUT2D eigenvalue weighted by atomic mass is 10.1. The zero-order valence-electron chi connectivity index (χ0n) is 55.7. The zero-order valence-corrected chi connectivity index (χ0v) is 56.5. The lowest BCUT2D eigenvalue weighted by Crippen LogP contribution is -2.31. The van der Waals surface area contributed by atoms with Crippen molar-refractivity contribution in [2.24, 2.45) is 11.8 Å². The maximum Gasteiger partial charge on any atom is 0.263 e. The number of anilines is 1. The molecule has 498 valence electrons. The van der Waals surface area contributed by atoms with Crippen LogP contribution in [0, 0.1) is 67.2 Å². The van der Waals surface area contributed by atoms with E-state index in [1.807, 2.05) is 116 Å². The first-order chi connectivity index (χ1) is 45.9. The predicted molar refractivity (Wildman–Crippen MR) is 371 cm³/mol. The highest BCUT2D eigenvalue weighted by molar-refractivity contribution is 7.13. The number of hydrogen-bond donors (Lipinski definition) is 5. The van der Waals surface area contributed by atoms with Crippen molar-refractivity contribution in [3.63, 3.8) is 0 Å². The van der Waals surface area contributed by atoms with Crippen molar-refractivity contribution in [3.05, 3.63) is 178 Å². The highest BCUT2D eigenvalue weighted by Gasteiger charge is 2.29. The fourth-order valence-electron chi connectivity index (χ4n) is 9.12. The average molecular weight is 1320 g/mol. The fourth-order valence-corrected chi connectivity index (χ4v) is 9.60. The monoisotopic (exact) mass is 1320 g/mol. The molecule has 0 radical (unpaired) electrons. The summed E-state index contributed by atoms with van der Waals surface area (Å²) >= 11 is 1.39. The Labute approximate surface area is 561 Å². The first-order valence-corrected chi connectivity index (χ1v) is 31.9. The Balaban J connectivity index is 0.000000181. The summed E-state index contributed by atoms with van der Waals surface area (Å²) in [5, 5.41) is 27.6. The van der Waals surface area contributed by atoms with Crippen molar-refractivity contribution in [2.45, 2.75) is 102 Å². The maximum atomic E-state index is 11.8. The number of nitrogens with zero attached hydrogens (tertiary/aromatic N) is 13. The Hall–Kier alpha value is -11.3. The standard InChI is InChI=1S/C18H20N4O2.2C18H22N4O2.C16H16N6OS/c1-12-7-13(2)9-15(8-12)17-20-11-22(21-17)6-5-16(23)10-19-18(24)14-3-4-14;1-12(2)18(24)19-10-16(23)5-6-22-11-20-17(21-22)15-8-13(3)7-14(4)9-15;1-4-5-17(24)19-11-16(23)6-7-22-12-20-18(21-22)15-9-13(2)8-14(3)10-15;1-11-7-12(2)9-13(8-11)15-18-10-22(21-15)5-3-14(23)19-20-16-17-4-6-24-16/h5-9,11,14H,3-4,10H2,1-2H3,(H,19,24);5-9,11-12H,10H2,1-4H3,(H,19,24);6-10,12H,4-5,11H2,1-3H3,(H,19,24);3-10H,1-2H3,(H,17,20)(H,19,23)/b2*6-5-;7-6-;5-3-. The van der Waals surface area contributed by atoms with E-state index in [1.165, 1.54) is 73.0 Å². The number of thiazole rings is 1. The van der Waals surface area contributed by atoms with Gasteiger partial charge in [-0.3, -0.25) is 44.4 Å². The van der Waals surface area contributed by atoms with Gasteiger partial charge in [0, 0.05) is 101 Å². The van der Waals surface area contributed by atoms with Crippen LogP contribution in [0.2, 0.25) is 0 Å². The molecule has 0 atom stereocenters. The average Bonchev–Trinajstić information content (AvgIpc) is 1.67. The summed E-state index contributed by atoms with van der Waals surface area (Å²) in [7, 11) is 0. The predicted octanol–water partition coefficient (Wildman–Crippen LogP) is 9.65. The van der Waals surface area contributed by atoms with E-state index in [0.717, 1.165) is 86.0 Å². The van der Waals surface area contributed by atoms with E-state index in [2.05, 4.69) is 96.4 Å². The smallest absolute Gasteiger partial charge is 0.263 e. The van der Waals surface area contributed by atoms with Gasteiger partial charge in [-0.25, -0.2) is 43.6 Å². The van der Waals surface area contributed by atoms with Gasteiger partial charge in [0.05, 0.1) is 19.6 Å². The second-order valence-corrected chi connectivity index (χ2v) is 24.1. The minimum atomic E-state index is -0.311. The van der Waals surface area contributed by atoms with Crippen LogP contribution in [0.1, 0.15) is 91.0 Å². The Morgan fingerprint density at radius 1 is 0.479 bits per heavy atom. The van der Waals surface area contributed by atoms with Crippen LogP contribution in [-0.2, 0) is 33.6 Å². The van der Waals surface area contributed by atoms with Gasteiger partial charge in [-0.05, 0) is 123 Å². The highest BCUT2D eigenvalue weighted by Crippen LogP contribution is 2.29. The van der Waals surface area contributed by atoms with Gasteiger partial charge in [0.1, 0.15) is 25.3 Å². The second kappa shape index (κ2) is 35.7. The first-order valence-electron chi connectivity index (χ1n) is 31.0. The number of ketones is 3. The number of carbonyl (C=O) groups is 7. The summed E-state index contributed by atoms with van der Waals surface area (Å²) < 4.78 is 5.96. The Bertz CT molecular complexity index is 4090. The van der Waals surface area contributed by atoms with Gasteiger partial charge < -0.3 is 16.0 Å². The third-order valence-corrected chi connectivity index (χ3v) is 14.3. The third kappa shape index (κ3) is 24.6. The molecule has 9 aromatic rings. The van der Waals surface area contributed by atoms with E-state index in [0.29, 0.717) is 34.8 Å². The largest absolute Gasteiger partial charge is 0.349 e. The molecule has 0 aliphatic heterocycles. The number of hydrazine groups is 1. The molecule has 0 saturated heterocycles. The van der Waals surface area contributed by atoms with Crippen molar-refractivity contribution in [1.82, 2.24) is 85.4 Å². The van der Waals surface area contributed by atoms with E-state index in [1.54, 1.807) is 51.6 Å². The first kappa shape index (κ1) is 72.2. The van der Waals surface area contributed by atoms with E-state index in [9.17, 15) is 33.6 Å². The number of aryl methyl sites for hydroxylation is 8. The fraction of sp³-hybridized carbons (Fsp3) is 0.286. The van der Waals surface area contributed by atoms with Gasteiger partial charge in [0.25, 0.3) is 5.91 Å². The van der Waals surface area contributed by atoms with Crippen LogP contribution in [0.4, 0.5) is 5.13 Å². The van der Waals surface area contributed by atoms with Crippen LogP contribution in [0.3, 0.4) is 0 Å². The molecule has 4 aromatic carbocycles. The van der Waals surface area contributed by atoms with Crippen LogP contribution in [0.5, 0.6) is 0 Å². The van der Waals surface area contributed by atoms with Gasteiger partial charge in [0.15, 0.2) is 40.6 Å². The normalized spacial score (nSPS) is 11.8. The van der Waals surface area contributed by atoms with Crippen LogP contribution in [0.25, 0.3) is 70.4 Å². The summed E-state index contributed by atoms with van der Waals surface area (Å²) in [6.45, 7) is 21.7. The highest BCUT2D eigenvalue weighted by atomic mass is 32.1. The molecule has 1 aliphatic rings. The van der Waals surface area contributed by atoms with Gasteiger partial charge in [-0.15, -0.1) is 31.7 Å². The molecule has 1 saturated carbocycles. The van der Waals surface area contributed by atoms with E-state index in [4.69, 9.17) is 0 Å². The molecule has 25 nitrogen and oxygen atoms in total.